The molecule has 1 aliphatic heterocycles. The molecule has 2 unspecified atom stereocenters. The van der Waals surface area contributed by atoms with Gasteiger partial charge in [0.05, 0.1) is 6.10 Å². The molecular formula is C27H32N2O6. The molecule has 2 aromatic carbocycles. The molecule has 0 radical (unpaired) electrons. The Morgan fingerprint density at radius 1 is 1.11 bits per heavy atom. The average molecular weight is 481 g/mol. The Bertz CT molecular complexity index is 1070. The van der Waals surface area contributed by atoms with Gasteiger partial charge in [-0.1, -0.05) is 55.5 Å². The Balaban J connectivity index is 1.37. The molecule has 35 heavy (non-hydrogen) atoms. The second-order valence-corrected chi connectivity index (χ2v) is 9.42. The molecule has 1 saturated heterocycles. The van der Waals surface area contributed by atoms with E-state index < -0.39 is 23.6 Å². The molecule has 186 valence electrons. The molecule has 8 heteroatoms. The molecule has 2 aromatic rings. The summed E-state index contributed by atoms with van der Waals surface area (Å²) in [6, 6.07) is 15.7. The Morgan fingerprint density at radius 2 is 1.71 bits per heavy atom. The Labute approximate surface area is 205 Å². The van der Waals surface area contributed by atoms with Crippen molar-refractivity contribution >= 4 is 18.0 Å². The molecule has 1 aliphatic carbocycles. The maximum atomic E-state index is 13.0. The van der Waals surface area contributed by atoms with Crippen LogP contribution in [0.15, 0.2) is 48.5 Å². The molecule has 1 heterocycles. The molecule has 8 nitrogen and oxygen atoms in total. The van der Waals surface area contributed by atoms with Gasteiger partial charge in [-0.2, -0.15) is 0 Å². The number of nitrogens with one attached hydrogen (secondary N) is 1. The molecule has 2 aliphatic rings. The summed E-state index contributed by atoms with van der Waals surface area (Å²) in [6.45, 7) is 3.79. The van der Waals surface area contributed by atoms with Crippen LogP contribution in [0.25, 0.3) is 11.1 Å². The predicted molar refractivity (Wildman–Crippen MR) is 130 cm³/mol. The number of benzene rings is 2. The molecule has 0 spiro atoms. The van der Waals surface area contributed by atoms with E-state index in [0.717, 1.165) is 22.3 Å². The third-order valence-electron chi connectivity index (χ3n) is 7.28. The van der Waals surface area contributed by atoms with Crippen LogP contribution in [-0.4, -0.2) is 65.9 Å². The molecule has 0 bridgehead atoms. The van der Waals surface area contributed by atoms with E-state index in [1.165, 1.54) is 18.9 Å². The number of ether oxygens (including phenoxy) is 2. The van der Waals surface area contributed by atoms with Crippen molar-refractivity contribution in [3.8, 4) is 11.1 Å². The highest BCUT2D eigenvalue weighted by atomic mass is 16.5. The van der Waals surface area contributed by atoms with Crippen LogP contribution in [0.5, 0.6) is 0 Å². The molecule has 0 saturated carbocycles. The summed E-state index contributed by atoms with van der Waals surface area (Å²) in [7, 11) is 1.51. The number of carboxylic acids is 1. The summed E-state index contributed by atoms with van der Waals surface area (Å²) < 4.78 is 10.9. The number of fused-ring (bicyclic) bond motifs is 3. The number of methoxy groups -OCH3 is 1. The minimum Gasteiger partial charge on any atom is -0.480 e. The lowest BCUT2D eigenvalue weighted by atomic mass is 9.97. The Kier molecular flexibility index (Phi) is 7.12. The van der Waals surface area contributed by atoms with Crippen molar-refractivity contribution < 1.29 is 29.0 Å². The number of alkyl carbamates (subject to hydrolysis) is 1. The third-order valence-corrected chi connectivity index (χ3v) is 7.28. The summed E-state index contributed by atoms with van der Waals surface area (Å²) in [5.74, 6) is -1.45. The Morgan fingerprint density at radius 3 is 2.26 bits per heavy atom. The SMILES string of the molecule is CC[C@@H](CC(=O)N1CC(OC)CC1(C)C(=O)O)NC(=O)OCC1c2ccccc2-c2ccccc21. The summed E-state index contributed by atoms with van der Waals surface area (Å²) in [5, 5.41) is 12.5. The lowest BCUT2D eigenvalue weighted by Gasteiger charge is -2.32. The highest BCUT2D eigenvalue weighted by molar-refractivity contribution is 5.88. The lowest BCUT2D eigenvalue weighted by molar-refractivity contribution is -0.155. The quantitative estimate of drug-likeness (QED) is 0.596. The zero-order valence-corrected chi connectivity index (χ0v) is 20.3. The first-order valence-electron chi connectivity index (χ1n) is 12.0. The van der Waals surface area contributed by atoms with Crippen molar-refractivity contribution in [2.75, 3.05) is 20.3 Å². The van der Waals surface area contributed by atoms with Crippen LogP contribution in [0, 0.1) is 0 Å². The van der Waals surface area contributed by atoms with Crippen molar-refractivity contribution in [3.63, 3.8) is 0 Å². The first kappa shape index (κ1) is 24.7. The topological polar surface area (TPSA) is 105 Å². The zero-order valence-electron chi connectivity index (χ0n) is 20.3. The van der Waals surface area contributed by atoms with E-state index in [1.807, 2.05) is 31.2 Å². The van der Waals surface area contributed by atoms with Gasteiger partial charge in [-0.15, -0.1) is 0 Å². The van der Waals surface area contributed by atoms with Crippen molar-refractivity contribution in [3.05, 3.63) is 59.7 Å². The number of carbonyl (C=O) groups is 3. The minimum absolute atomic E-state index is 0.0139. The summed E-state index contributed by atoms with van der Waals surface area (Å²) in [4.78, 5) is 38.9. The van der Waals surface area contributed by atoms with Crippen molar-refractivity contribution in [1.29, 1.82) is 0 Å². The van der Waals surface area contributed by atoms with E-state index in [1.54, 1.807) is 0 Å². The summed E-state index contributed by atoms with van der Waals surface area (Å²) in [6.07, 6.45) is -0.221. The van der Waals surface area contributed by atoms with Gasteiger partial charge in [0.2, 0.25) is 5.91 Å². The van der Waals surface area contributed by atoms with Gasteiger partial charge in [-0.25, -0.2) is 9.59 Å². The maximum Gasteiger partial charge on any atom is 0.407 e. The van der Waals surface area contributed by atoms with Gasteiger partial charge in [0.15, 0.2) is 0 Å². The number of hydrogen-bond acceptors (Lipinski definition) is 5. The summed E-state index contributed by atoms with van der Waals surface area (Å²) >= 11 is 0. The van der Waals surface area contributed by atoms with Gasteiger partial charge in [0.25, 0.3) is 0 Å². The average Bonchev–Trinajstić information content (AvgIpc) is 3.38. The van der Waals surface area contributed by atoms with E-state index in [9.17, 15) is 19.5 Å². The standard InChI is InChI=1S/C27H32N2O6/c1-4-17(13-24(30)29-15-18(34-3)14-27(29,2)25(31)32)28-26(33)35-16-23-21-11-7-5-9-19(21)20-10-6-8-12-22(20)23/h5-12,17-18,23H,4,13-16H2,1-3H3,(H,28,33)(H,31,32)/t17-,18?,27?/m0/s1. The van der Waals surface area contributed by atoms with Crippen molar-refractivity contribution in [2.24, 2.45) is 0 Å². The van der Waals surface area contributed by atoms with Crippen LogP contribution in [0.4, 0.5) is 4.79 Å². The molecule has 0 aromatic heterocycles. The molecule has 2 amide bonds. The first-order chi connectivity index (χ1) is 16.8. The van der Waals surface area contributed by atoms with E-state index in [0.29, 0.717) is 6.42 Å². The van der Waals surface area contributed by atoms with Crippen molar-refractivity contribution in [2.45, 2.75) is 56.7 Å². The van der Waals surface area contributed by atoms with Gasteiger partial charge in [-0.05, 0) is 35.6 Å². The van der Waals surface area contributed by atoms with Gasteiger partial charge < -0.3 is 24.8 Å². The second-order valence-electron chi connectivity index (χ2n) is 9.42. The molecule has 2 N–H and O–H groups in total. The highest BCUT2D eigenvalue weighted by Gasteiger charge is 2.50. The normalized spacial score (nSPS) is 21.8. The monoisotopic (exact) mass is 480 g/mol. The predicted octanol–water partition coefficient (Wildman–Crippen LogP) is 3.78. The van der Waals surface area contributed by atoms with Crippen LogP contribution in [-0.2, 0) is 19.1 Å². The molecule has 3 atom stereocenters. The van der Waals surface area contributed by atoms with Crippen LogP contribution >= 0.6 is 0 Å². The number of carbonyl (C=O) groups excluding carboxylic acids is 2. The van der Waals surface area contributed by atoms with Gasteiger partial charge in [0.1, 0.15) is 12.1 Å². The maximum absolute atomic E-state index is 13.0. The van der Waals surface area contributed by atoms with Crippen LogP contribution < -0.4 is 5.32 Å². The highest BCUT2D eigenvalue weighted by Crippen LogP contribution is 2.44. The largest absolute Gasteiger partial charge is 0.480 e. The number of amides is 2. The number of aliphatic carboxylic acids is 1. The second kappa shape index (κ2) is 10.1. The molecule has 4 rings (SSSR count). The van der Waals surface area contributed by atoms with Crippen LogP contribution in [0.3, 0.4) is 0 Å². The van der Waals surface area contributed by atoms with E-state index >= 15 is 0 Å². The fraction of sp³-hybridized carbons (Fsp3) is 0.444. The van der Waals surface area contributed by atoms with E-state index in [4.69, 9.17) is 9.47 Å². The number of hydrogen-bond donors (Lipinski definition) is 2. The number of nitrogens with zero attached hydrogens (tertiary/aromatic N) is 1. The number of rotatable bonds is 8. The van der Waals surface area contributed by atoms with Crippen LogP contribution in [0.2, 0.25) is 0 Å². The number of carboxylic acid groups (broad SMARTS) is 1. The fourth-order valence-electron chi connectivity index (χ4n) is 5.19. The zero-order chi connectivity index (χ0) is 25.2. The molecular weight excluding hydrogens is 448 g/mol. The number of likely N-dealkylation sites (tertiary alicyclic amines) is 1. The van der Waals surface area contributed by atoms with E-state index in [-0.39, 0.29) is 43.9 Å². The van der Waals surface area contributed by atoms with Gasteiger partial charge in [-0.3, -0.25) is 4.79 Å². The molecule has 1 fully saturated rings. The van der Waals surface area contributed by atoms with Gasteiger partial charge >= 0.3 is 12.1 Å². The summed E-state index contributed by atoms with van der Waals surface area (Å²) in [5.41, 5.74) is 3.21. The lowest BCUT2D eigenvalue weighted by Crippen LogP contribution is -2.52. The Hall–Kier alpha value is -3.39. The van der Waals surface area contributed by atoms with Crippen molar-refractivity contribution in [1.82, 2.24) is 10.2 Å². The first-order valence-corrected chi connectivity index (χ1v) is 12.0. The smallest absolute Gasteiger partial charge is 0.407 e. The van der Waals surface area contributed by atoms with E-state index in [2.05, 4.69) is 29.6 Å². The third kappa shape index (κ3) is 4.75. The van der Waals surface area contributed by atoms with Gasteiger partial charge in [0, 0.05) is 38.5 Å². The fourth-order valence-corrected chi connectivity index (χ4v) is 5.19. The van der Waals surface area contributed by atoms with Crippen LogP contribution in [0.1, 0.15) is 50.2 Å². The minimum atomic E-state index is -1.33.